The lowest BCUT2D eigenvalue weighted by molar-refractivity contribution is 0.0696. The van der Waals surface area contributed by atoms with Crippen LogP contribution < -0.4 is 5.73 Å². The number of nitrogens with two attached hydrogens (primary N) is 1. The van der Waals surface area contributed by atoms with Gasteiger partial charge in [-0.1, -0.05) is 12.1 Å². The molecule has 116 valence electrons. The fourth-order valence-corrected chi connectivity index (χ4v) is 3.78. The predicted octanol–water partition coefficient (Wildman–Crippen LogP) is 0.201. The highest BCUT2D eigenvalue weighted by Crippen LogP contribution is 2.20. The number of nitrogens with zero attached hydrogens (tertiary/aromatic N) is 1. The molecule has 1 aliphatic heterocycles. The van der Waals surface area contributed by atoms with Gasteiger partial charge in [0.25, 0.3) is 0 Å². The highest BCUT2D eigenvalue weighted by Gasteiger charge is 2.31. The first kappa shape index (κ1) is 15.9. The Morgan fingerprint density at radius 2 is 2.24 bits per heavy atom. The average molecular weight is 311 g/mol. The molecule has 1 saturated heterocycles. The van der Waals surface area contributed by atoms with Gasteiger partial charge in [0.15, 0.2) is 9.84 Å². The van der Waals surface area contributed by atoms with Crippen LogP contribution in [0.4, 0.5) is 0 Å². The molecule has 0 radical (unpaired) electrons. The Morgan fingerprint density at radius 1 is 1.52 bits per heavy atom. The van der Waals surface area contributed by atoms with Crippen LogP contribution in [0, 0.1) is 5.41 Å². The molecule has 21 heavy (non-hydrogen) atoms. The van der Waals surface area contributed by atoms with Crippen molar-refractivity contribution < 1.29 is 13.5 Å². The van der Waals surface area contributed by atoms with Crippen molar-refractivity contribution in [1.29, 1.82) is 5.41 Å². The van der Waals surface area contributed by atoms with Gasteiger partial charge in [-0.05, 0) is 25.5 Å². The van der Waals surface area contributed by atoms with Crippen LogP contribution >= 0.6 is 0 Å². The molecular weight excluding hydrogens is 290 g/mol. The molecule has 0 amide bonds. The molecule has 0 spiro atoms. The number of hydrogen-bond donors (Lipinski definition) is 3. The summed E-state index contributed by atoms with van der Waals surface area (Å²) in [6.45, 7) is 3.35. The lowest BCUT2D eigenvalue weighted by Gasteiger charge is -2.18. The maximum atomic E-state index is 12.3. The quantitative estimate of drug-likeness (QED) is 0.532. The van der Waals surface area contributed by atoms with Gasteiger partial charge in [0.05, 0.1) is 16.2 Å². The highest BCUT2D eigenvalue weighted by molar-refractivity contribution is 7.91. The molecule has 1 aromatic rings. The zero-order chi connectivity index (χ0) is 15.7. The van der Waals surface area contributed by atoms with Crippen molar-refractivity contribution in [1.82, 2.24) is 4.90 Å². The number of sulfone groups is 1. The van der Waals surface area contributed by atoms with Crippen molar-refractivity contribution in [2.24, 2.45) is 5.73 Å². The molecule has 6 nitrogen and oxygen atoms in total. The number of hydrogen-bond acceptors (Lipinski definition) is 5. The first-order valence-electron chi connectivity index (χ1n) is 6.82. The molecule has 1 heterocycles. The molecule has 0 aliphatic carbocycles. The Kier molecular flexibility index (Phi) is 4.36. The normalized spacial score (nSPS) is 23.3. The maximum absolute atomic E-state index is 12.3. The SMILES string of the molecule is CC1(O)CCN(CCS(=O)(=O)c2cccc(C(=N)N)c2)C1. The van der Waals surface area contributed by atoms with Crippen LogP contribution in [0.5, 0.6) is 0 Å². The summed E-state index contributed by atoms with van der Waals surface area (Å²) in [5, 5.41) is 17.2. The lowest BCUT2D eigenvalue weighted by atomic mass is 10.1. The molecule has 2 rings (SSSR count). The summed E-state index contributed by atoms with van der Waals surface area (Å²) in [7, 11) is -3.42. The van der Waals surface area contributed by atoms with E-state index in [1.807, 2.05) is 4.90 Å². The monoisotopic (exact) mass is 311 g/mol. The summed E-state index contributed by atoms with van der Waals surface area (Å²) in [5.41, 5.74) is 5.06. The number of β-amino-alcohol motifs (C(OH)–C–C–N with tert-alkyl or cyclic N) is 1. The van der Waals surface area contributed by atoms with Gasteiger partial charge in [-0.15, -0.1) is 0 Å². The van der Waals surface area contributed by atoms with E-state index in [2.05, 4.69) is 0 Å². The van der Waals surface area contributed by atoms with Gasteiger partial charge >= 0.3 is 0 Å². The van der Waals surface area contributed by atoms with Crippen molar-refractivity contribution in [3.8, 4) is 0 Å². The molecule has 0 aromatic heterocycles. The van der Waals surface area contributed by atoms with Crippen LogP contribution in [0.25, 0.3) is 0 Å². The van der Waals surface area contributed by atoms with E-state index in [9.17, 15) is 13.5 Å². The van der Waals surface area contributed by atoms with E-state index in [1.54, 1.807) is 19.1 Å². The van der Waals surface area contributed by atoms with Crippen molar-refractivity contribution >= 4 is 15.7 Å². The molecule has 1 unspecified atom stereocenters. The minimum Gasteiger partial charge on any atom is -0.389 e. The van der Waals surface area contributed by atoms with Gasteiger partial charge in [0.1, 0.15) is 5.84 Å². The molecule has 1 aromatic carbocycles. The van der Waals surface area contributed by atoms with Gasteiger partial charge in [0, 0.05) is 25.2 Å². The minimum atomic E-state index is -3.42. The average Bonchev–Trinajstić information content (AvgIpc) is 2.76. The van der Waals surface area contributed by atoms with Crippen molar-refractivity contribution in [3.63, 3.8) is 0 Å². The lowest BCUT2D eigenvalue weighted by Crippen LogP contribution is -2.32. The zero-order valence-electron chi connectivity index (χ0n) is 12.0. The standard InChI is InChI=1S/C14H21N3O3S/c1-14(18)5-6-17(10-14)7-8-21(19,20)12-4-2-3-11(9-12)13(15)16/h2-4,9,18H,5-8,10H2,1H3,(H3,15,16). The van der Waals surface area contributed by atoms with Gasteiger partial charge in [-0.2, -0.15) is 0 Å². The largest absolute Gasteiger partial charge is 0.389 e. The topological polar surface area (TPSA) is 107 Å². The fourth-order valence-electron chi connectivity index (χ4n) is 2.45. The van der Waals surface area contributed by atoms with Gasteiger partial charge < -0.3 is 10.8 Å². The second-order valence-corrected chi connectivity index (χ2v) is 7.89. The van der Waals surface area contributed by atoms with E-state index in [0.717, 1.165) is 0 Å². The maximum Gasteiger partial charge on any atom is 0.179 e. The van der Waals surface area contributed by atoms with E-state index in [4.69, 9.17) is 11.1 Å². The molecule has 4 N–H and O–H groups in total. The van der Waals surface area contributed by atoms with E-state index >= 15 is 0 Å². The molecule has 1 aliphatic rings. The highest BCUT2D eigenvalue weighted by atomic mass is 32.2. The Hall–Kier alpha value is -1.44. The molecule has 1 fully saturated rings. The number of nitrogen functional groups attached to an aromatic ring is 1. The number of nitrogens with one attached hydrogen (secondary N) is 1. The summed E-state index contributed by atoms with van der Waals surface area (Å²) in [5.74, 6) is -0.160. The Balaban J connectivity index is 2.05. The third-order valence-electron chi connectivity index (χ3n) is 3.71. The summed E-state index contributed by atoms with van der Waals surface area (Å²) < 4.78 is 24.6. The number of amidine groups is 1. The van der Waals surface area contributed by atoms with Crippen molar-refractivity contribution in [2.75, 3.05) is 25.4 Å². The first-order valence-corrected chi connectivity index (χ1v) is 8.47. The Labute approximate surface area is 125 Å². The molecule has 7 heteroatoms. The smallest absolute Gasteiger partial charge is 0.179 e. The van der Waals surface area contributed by atoms with Crippen LogP contribution in [0.3, 0.4) is 0 Å². The third-order valence-corrected chi connectivity index (χ3v) is 5.40. The Bertz CT molecular complexity index is 641. The van der Waals surface area contributed by atoms with E-state index in [-0.39, 0.29) is 16.5 Å². The summed E-state index contributed by atoms with van der Waals surface area (Å²) in [6.07, 6.45) is 0.660. The number of likely N-dealkylation sites (tertiary alicyclic amines) is 1. The first-order chi connectivity index (χ1) is 9.70. The summed E-state index contributed by atoms with van der Waals surface area (Å²) in [6, 6.07) is 6.14. The predicted molar refractivity (Wildman–Crippen MR) is 81.2 cm³/mol. The van der Waals surface area contributed by atoms with E-state index < -0.39 is 15.4 Å². The molecular formula is C14H21N3O3S. The second-order valence-electron chi connectivity index (χ2n) is 5.78. The van der Waals surface area contributed by atoms with Crippen LogP contribution in [-0.2, 0) is 9.84 Å². The van der Waals surface area contributed by atoms with Crippen LogP contribution in [0.2, 0.25) is 0 Å². The molecule has 1 atom stereocenters. The fraction of sp³-hybridized carbons (Fsp3) is 0.500. The molecule has 0 saturated carbocycles. The van der Waals surface area contributed by atoms with Crippen molar-refractivity contribution in [2.45, 2.75) is 23.8 Å². The second kappa shape index (κ2) is 5.75. The number of benzene rings is 1. The van der Waals surface area contributed by atoms with Gasteiger partial charge in [0.2, 0.25) is 0 Å². The van der Waals surface area contributed by atoms with Crippen LogP contribution in [0.15, 0.2) is 29.2 Å². The summed E-state index contributed by atoms with van der Waals surface area (Å²) >= 11 is 0. The van der Waals surface area contributed by atoms with Crippen LogP contribution in [-0.4, -0.2) is 55.2 Å². The minimum absolute atomic E-state index is 0.00949. The van der Waals surface area contributed by atoms with E-state index in [0.29, 0.717) is 31.6 Å². The zero-order valence-corrected chi connectivity index (χ0v) is 12.9. The molecule has 0 bridgehead atoms. The van der Waals surface area contributed by atoms with Gasteiger partial charge in [-0.25, -0.2) is 8.42 Å². The Morgan fingerprint density at radius 3 is 2.81 bits per heavy atom. The number of aliphatic hydroxyl groups is 1. The number of rotatable bonds is 5. The van der Waals surface area contributed by atoms with Crippen LogP contribution in [0.1, 0.15) is 18.9 Å². The van der Waals surface area contributed by atoms with Crippen molar-refractivity contribution in [3.05, 3.63) is 29.8 Å². The third kappa shape index (κ3) is 4.03. The van der Waals surface area contributed by atoms with Gasteiger partial charge in [-0.3, -0.25) is 10.3 Å². The van der Waals surface area contributed by atoms with E-state index in [1.165, 1.54) is 12.1 Å². The summed E-state index contributed by atoms with van der Waals surface area (Å²) in [4.78, 5) is 2.13.